The Kier molecular flexibility index (Phi) is 7.98. The molecule has 2 aromatic rings. The van der Waals surface area contributed by atoms with E-state index < -0.39 is 0 Å². The first-order valence-electron chi connectivity index (χ1n) is 9.12. The van der Waals surface area contributed by atoms with E-state index in [0.717, 1.165) is 11.3 Å². The third-order valence-electron chi connectivity index (χ3n) is 4.11. The molecular formula is C24H25NO4. The number of phenolic OH excluding ortho intramolecular Hbond substituents is 1. The number of phenols is 1. The summed E-state index contributed by atoms with van der Waals surface area (Å²) in [6.45, 7) is 0. The first-order valence-corrected chi connectivity index (χ1v) is 9.12. The van der Waals surface area contributed by atoms with Crippen LogP contribution in [0, 0.1) is 0 Å². The molecule has 1 N–H and O–H groups in total. The number of aromatic hydroxyl groups is 1. The number of hydrogen-bond acceptors (Lipinski definition) is 5. The first-order chi connectivity index (χ1) is 13.9. The standard InChI is InChI=1S/C24H25NO4/c1-25(2)20-12-8-18(9-13-20)6-4-5-7-21(26)17-22(27)14-10-19-11-15-23(28)24(16-19)29-3/h4-16,28H,17H2,1-3H3. The van der Waals surface area contributed by atoms with E-state index in [1.165, 1.54) is 25.3 Å². The predicted molar refractivity (Wildman–Crippen MR) is 117 cm³/mol. The first kappa shape index (κ1) is 21.7. The van der Waals surface area contributed by atoms with E-state index in [-0.39, 0.29) is 23.7 Å². The summed E-state index contributed by atoms with van der Waals surface area (Å²) in [7, 11) is 5.42. The molecule has 0 amide bonds. The maximum atomic E-state index is 11.9. The summed E-state index contributed by atoms with van der Waals surface area (Å²) >= 11 is 0. The fourth-order valence-electron chi connectivity index (χ4n) is 2.49. The van der Waals surface area contributed by atoms with Crippen LogP contribution < -0.4 is 9.64 Å². The van der Waals surface area contributed by atoms with Crippen molar-refractivity contribution in [2.45, 2.75) is 6.42 Å². The van der Waals surface area contributed by atoms with Crippen LogP contribution in [0.4, 0.5) is 5.69 Å². The van der Waals surface area contributed by atoms with Crippen LogP contribution >= 0.6 is 0 Å². The van der Waals surface area contributed by atoms with Gasteiger partial charge in [0.15, 0.2) is 23.1 Å². The molecule has 0 aliphatic carbocycles. The quantitative estimate of drug-likeness (QED) is 0.393. The molecule has 0 saturated carbocycles. The van der Waals surface area contributed by atoms with Gasteiger partial charge in [-0.25, -0.2) is 0 Å². The van der Waals surface area contributed by atoms with Crippen molar-refractivity contribution < 1.29 is 19.4 Å². The van der Waals surface area contributed by atoms with Gasteiger partial charge in [-0.1, -0.05) is 42.5 Å². The van der Waals surface area contributed by atoms with Crippen LogP contribution in [0.2, 0.25) is 0 Å². The summed E-state index contributed by atoms with van der Waals surface area (Å²) in [5.41, 5.74) is 2.83. The zero-order chi connectivity index (χ0) is 21.2. The second-order valence-electron chi connectivity index (χ2n) is 6.58. The molecule has 0 fully saturated rings. The van der Waals surface area contributed by atoms with E-state index in [4.69, 9.17) is 4.74 Å². The number of ketones is 2. The monoisotopic (exact) mass is 391 g/mol. The third kappa shape index (κ3) is 7.14. The third-order valence-corrected chi connectivity index (χ3v) is 4.11. The largest absolute Gasteiger partial charge is 0.504 e. The molecule has 0 radical (unpaired) electrons. The number of carbonyl (C=O) groups is 2. The number of nitrogens with zero attached hydrogens (tertiary/aromatic N) is 1. The van der Waals surface area contributed by atoms with Crippen molar-refractivity contribution in [3.05, 3.63) is 77.9 Å². The summed E-state index contributed by atoms with van der Waals surface area (Å²) in [6.07, 6.45) is 9.41. The molecule has 0 spiro atoms. The highest BCUT2D eigenvalue weighted by atomic mass is 16.5. The van der Waals surface area contributed by atoms with Crippen molar-refractivity contribution in [2.75, 3.05) is 26.1 Å². The van der Waals surface area contributed by atoms with E-state index in [1.807, 2.05) is 49.3 Å². The van der Waals surface area contributed by atoms with Gasteiger partial charge in [-0.2, -0.15) is 0 Å². The second kappa shape index (κ2) is 10.7. The minimum Gasteiger partial charge on any atom is -0.504 e. The van der Waals surface area contributed by atoms with Crippen LogP contribution in [0.3, 0.4) is 0 Å². The zero-order valence-electron chi connectivity index (χ0n) is 16.8. The van der Waals surface area contributed by atoms with Crippen LogP contribution in [0.25, 0.3) is 12.2 Å². The van der Waals surface area contributed by atoms with Gasteiger partial charge in [0.05, 0.1) is 13.5 Å². The number of anilines is 1. The van der Waals surface area contributed by atoms with Crippen LogP contribution in [0.5, 0.6) is 11.5 Å². The average Bonchev–Trinajstić information content (AvgIpc) is 2.71. The van der Waals surface area contributed by atoms with Gasteiger partial charge >= 0.3 is 0 Å². The molecule has 5 heteroatoms. The molecule has 0 atom stereocenters. The number of methoxy groups -OCH3 is 1. The Labute approximate surface area is 171 Å². The predicted octanol–water partition coefficient (Wildman–Crippen LogP) is 4.28. The topological polar surface area (TPSA) is 66.8 Å². The van der Waals surface area contributed by atoms with Crippen molar-refractivity contribution in [3.63, 3.8) is 0 Å². The molecule has 29 heavy (non-hydrogen) atoms. The van der Waals surface area contributed by atoms with Gasteiger partial charge < -0.3 is 14.7 Å². The van der Waals surface area contributed by atoms with Crippen molar-refractivity contribution >= 4 is 29.4 Å². The molecule has 0 aliphatic rings. The van der Waals surface area contributed by atoms with E-state index in [9.17, 15) is 14.7 Å². The lowest BCUT2D eigenvalue weighted by atomic mass is 10.1. The maximum absolute atomic E-state index is 11.9. The Morgan fingerprint density at radius 2 is 1.59 bits per heavy atom. The number of rotatable bonds is 9. The smallest absolute Gasteiger partial charge is 0.163 e. The Balaban J connectivity index is 1.85. The van der Waals surface area contributed by atoms with Gasteiger partial charge in [0, 0.05) is 19.8 Å². The molecule has 150 valence electrons. The minimum atomic E-state index is -0.296. The van der Waals surface area contributed by atoms with Crippen molar-refractivity contribution in [2.24, 2.45) is 0 Å². The fraction of sp³-hybridized carbons (Fsp3) is 0.167. The van der Waals surface area contributed by atoms with Gasteiger partial charge in [0.2, 0.25) is 0 Å². The lowest BCUT2D eigenvalue weighted by molar-refractivity contribution is -0.121. The number of allylic oxidation sites excluding steroid dienone is 4. The van der Waals surface area contributed by atoms with Gasteiger partial charge in [-0.05, 0) is 47.5 Å². The molecule has 0 aliphatic heterocycles. The molecule has 2 aromatic carbocycles. The van der Waals surface area contributed by atoms with E-state index >= 15 is 0 Å². The summed E-state index contributed by atoms with van der Waals surface area (Å²) < 4.78 is 5.02. The van der Waals surface area contributed by atoms with E-state index in [2.05, 4.69) is 0 Å². The molecule has 0 unspecified atom stereocenters. The lowest BCUT2D eigenvalue weighted by Crippen LogP contribution is -2.07. The van der Waals surface area contributed by atoms with Gasteiger partial charge in [-0.3, -0.25) is 9.59 Å². The number of benzene rings is 2. The maximum Gasteiger partial charge on any atom is 0.163 e. The molecule has 0 aromatic heterocycles. The highest BCUT2D eigenvalue weighted by Crippen LogP contribution is 2.26. The average molecular weight is 391 g/mol. The van der Waals surface area contributed by atoms with Crippen molar-refractivity contribution in [1.82, 2.24) is 0 Å². The zero-order valence-corrected chi connectivity index (χ0v) is 16.8. The Bertz CT molecular complexity index is 938. The molecule has 2 rings (SSSR count). The van der Waals surface area contributed by atoms with Gasteiger partial charge in [0.1, 0.15) is 0 Å². The second-order valence-corrected chi connectivity index (χ2v) is 6.58. The fourth-order valence-corrected chi connectivity index (χ4v) is 2.49. The molecule has 0 bridgehead atoms. The van der Waals surface area contributed by atoms with E-state index in [1.54, 1.807) is 30.4 Å². The van der Waals surface area contributed by atoms with Gasteiger partial charge in [-0.15, -0.1) is 0 Å². The summed E-state index contributed by atoms with van der Waals surface area (Å²) in [5.74, 6) is -0.217. The molecular weight excluding hydrogens is 366 g/mol. The number of hydrogen-bond donors (Lipinski definition) is 1. The van der Waals surface area contributed by atoms with Crippen LogP contribution in [-0.2, 0) is 9.59 Å². The van der Waals surface area contributed by atoms with Crippen LogP contribution in [-0.4, -0.2) is 37.9 Å². The molecule has 5 nitrogen and oxygen atoms in total. The van der Waals surface area contributed by atoms with Crippen LogP contribution in [0.1, 0.15) is 17.5 Å². The van der Waals surface area contributed by atoms with Crippen molar-refractivity contribution in [1.29, 1.82) is 0 Å². The van der Waals surface area contributed by atoms with Crippen molar-refractivity contribution in [3.8, 4) is 11.5 Å². The number of ether oxygens (including phenoxy) is 1. The minimum absolute atomic E-state index is 0.0259. The summed E-state index contributed by atoms with van der Waals surface area (Å²) in [6, 6.07) is 12.8. The molecule has 0 heterocycles. The lowest BCUT2D eigenvalue weighted by Gasteiger charge is -2.11. The molecule has 0 saturated heterocycles. The Hall–Kier alpha value is -3.60. The highest BCUT2D eigenvalue weighted by molar-refractivity contribution is 6.09. The van der Waals surface area contributed by atoms with Crippen LogP contribution in [0.15, 0.2) is 66.8 Å². The van der Waals surface area contributed by atoms with Gasteiger partial charge in [0.25, 0.3) is 0 Å². The van der Waals surface area contributed by atoms with E-state index in [0.29, 0.717) is 11.3 Å². The Morgan fingerprint density at radius 3 is 2.24 bits per heavy atom. The SMILES string of the molecule is COc1cc(C=CC(=O)CC(=O)C=CC=Cc2ccc(N(C)C)cc2)ccc1O. The normalized spacial score (nSPS) is 11.4. The Morgan fingerprint density at radius 1 is 0.931 bits per heavy atom. The number of carbonyl (C=O) groups excluding carboxylic acids is 2. The highest BCUT2D eigenvalue weighted by Gasteiger charge is 2.04. The summed E-state index contributed by atoms with van der Waals surface area (Å²) in [5, 5.41) is 9.57. The summed E-state index contributed by atoms with van der Waals surface area (Å²) in [4.78, 5) is 25.9.